The molecule has 0 aliphatic rings. The highest BCUT2D eigenvalue weighted by atomic mass is 32.2. The first-order chi connectivity index (χ1) is 12.2. The van der Waals surface area contributed by atoms with Crippen LogP contribution < -0.4 is 0 Å². The van der Waals surface area contributed by atoms with Crippen molar-refractivity contribution in [2.24, 2.45) is 0 Å². The Balaban J connectivity index is 1.93. The summed E-state index contributed by atoms with van der Waals surface area (Å²) in [6, 6.07) is 15.6. The van der Waals surface area contributed by atoms with Crippen molar-refractivity contribution in [3.63, 3.8) is 0 Å². The van der Waals surface area contributed by atoms with Crippen molar-refractivity contribution in [3.05, 3.63) is 78.4 Å². The monoisotopic (exact) mass is 356 g/mol. The van der Waals surface area contributed by atoms with Crippen LogP contribution in [0.4, 0.5) is 4.39 Å². The molecule has 1 atom stereocenters. The van der Waals surface area contributed by atoms with E-state index < -0.39 is 5.25 Å². The molecule has 0 radical (unpaired) electrons. The lowest BCUT2D eigenvalue weighted by Gasteiger charge is -2.16. The average molecular weight is 356 g/mol. The van der Waals surface area contributed by atoms with E-state index >= 15 is 0 Å². The molecule has 0 fully saturated rings. The van der Waals surface area contributed by atoms with E-state index in [-0.39, 0.29) is 11.8 Å². The summed E-state index contributed by atoms with van der Waals surface area (Å²) in [4.78, 5) is 16.8. The highest BCUT2D eigenvalue weighted by Crippen LogP contribution is 2.36. The number of nitrogens with zero attached hydrogens (tertiary/aromatic N) is 2. The summed E-state index contributed by atoms with van der Waals surface area (Å²) in [7, 11) is 0. The average Bonchev–Trinajstić information content (AvgIpc) is 3.09. The van der Waals surface area contributed by atoms with Gasteiger partial charge in [-0.2, -0.15) is 0 Å². The number of carbonyl (C=O) groups is 1. The Morgan fingerprint density at radius 1 is 1.24 bits per heavy atom. The van der Waals surface area contributed by atoms with E-state index in [9.17, 15) is 9.18 Å². The Labute approximate surface area is 149 Å². The molecule has 3 rings (SSSR count). The van der Waals surface area contributed by atoms with E-state index in [4.69, 9.17) is 4.74 Å². The molecule has 0 aliphatic heterocycles. The van der Waals surface area contributed by atoms with Crippen LogP contribution in [0.1, 0.15) is 17.7 Å². The molecule has 0 saturated carbocycles. The predicted molar refractivity (Wildman–Crippen MR) is 95.2 cm³/mol. The van der Waals surface area contributed by atoms with E-state index in [1.54, 1.807) is 36.0 Å². The zero-order valence-electron chi connectivity index (χ0n) is 13.6. The molecule has 4 nitrogen and oxygen atoms in total. The zero-order chi connectivity index (χ0) is 17.6. The van der Waals surface area contributed by atoms with E-state index in [0.29, 0.717) is 17.5 Å². The first kappa shape index (κ1) is 17.2. The molecular weight excluding hydrogens is 339 g/mol. The predicted octanol–water partition coefficient (Wildman–Crippen LogP) is 4.41. The van der Waals surface area contributed by atoms with Gasteiger partial charge >= 0.3 is 5.97 Å². The molecule has 0 amide bonds. The summed E-state index contributed by atoms with van der Waals surface area (Å²) in [6.07, 6.45) is 3.37. The van der Waals surface area contributed by atoms with E-state index in [1.165, 1.54) is 23.9 Å². The molecule has 2 aromatic carbocycles. The smallest absolute Gasteiger partial charge is 0.324 e. The van der Waals surface area contributed by atoms with E-state index in [1.807, 2.05) is 30.3 Å². The summed E-state index contributed by atoms with van der Waals surface area (Å²) >= 11 is 1.28. The van der Waals surface area contributed by atoms with Gasteiger partial charge in [-0.25, -0.2) is 9.37 Å². The Hall–Kier alpha value is -2.60. The third-order valence-electron chi connectivity index (χ3n) is 3.52. The summed E-state index contributed by atoms with van der Waals surface area (Å²) in [6.45, 7) is 2.08. The lowest BCUT2D eigenvalue weighted by Crippen LogP contribution is -2.14. The highest BCUT2D eigenvalue weighted by molar-refractivity contribution is 8.00. The normalized spacial score (nSPS) is 11.9. The minimum Gasteiger partial charge on any atom is -0.465 e. The number of aromatic nitrogens is 2. The molecule has 0 unspecified atom stereocenters. The van der Waals surface area contributed by atoms with Crippen LogP contribution in [-0.4, -0.2) is 22.1 Å². The quantitative estimate of drug-likeness (QED) is 0.485. The molecule has 0 aliphatic carbocycles. The van der Waals surface area contributed by atoms with Crippen molar-refractivity contribution >= 4 is 17.7 Å². The van der Waals surface area contributed by atoms with Crippen LogP contribution in [-0.2, 0) is 9.53 Å². The summed E-state index contributed by atoms with van der Waals surface area (Å²) in [5.74, 6) is -0.653. The minimum atomic E-state index is -0.546. The third-order valence-corrected chi connectivity index (χ3v) is 4.73. The fourth-order valence-electron chi connectivity index (χ4n) is 2.40. The molecule has 0 bridgehead atoms. The molecular formula is C19H17FN2O2S. The maximum Gasteiger partial charge on any atom is 0.324 e. The van der Waals surface area contributed by atoms with E-state index in [2.05, 4.69) is 4.98 Å². The number of ether oxygens (including phenoxy) is 1. The molecule has 128 valence electrons. The van der Waals surface area contributed by atoms with Crippen LogP contribution in [0.25, 0.3) is 5.69 Å². The molecule has 1 aromatic heterocycles. The van der Waals surface area contributed by atoms with Crippen molar-refractivity contribution < 1.29 is 13.9 Å². The highest BCUT2D eigenvalue weighted by Gasteiger charge is 2.25. The fraction of sp³-hybridized carbons (Fsp3) is 0.158. The maximum absolute atomic E-state index is 13.5. The van der Waals surface area contributed by atoms with Crippen LogP contribution in [0.15, 0.2) is 72.1 Å². The van der Waals surface area contributed by atoms with Gasteiger partial charge in [-0.05, 0) is 30.7 Å². The molecule has 0 spiro atoms. The molecule has 25 heavy (non-hydrogen) atoms. The van der Waals surface area contributed by atoms with Crippen molar-refractivity contribution in [1.29, 1.82) is 0 Å². The molecule has 3 aromatic rings. The molecule has 1 heterocycles. The number of imidazole rings is 1. The van der Waals surface area contributed by atoms with Crippen LogP contribution in [0.5, 0.6) is 0 Å². The second-order valence-corrected chi connectivity index (χ2v) is 6.29. The molecule has 0 N–H and O–H groups in total. The second-order valence-electron chi connectivity index (χ2n) is 5.22. The lowest BCUT2D eigenvalue weighted by atomic mass is 10.1. The maximum atomic E-state index is 13.5. The van der Waals surface area contributed by atoms with Gasteiger partial charge in [0.1, 0.15) is 11.1 Å². The lowest BCUT2D eigenvalue weighted by molar-refractivity contribution is -0.142. The van der Waals surface area contributed by atoms with Crippen LogP contribution in [0.2, 0.25) is 0 Å². The topological polar surface area (TPSA) is 44.1 Å². The largest absolute Gasteiger partial charge is 0.465 e. The van der Waals surface area contributed by atoms with Gasteiger partial charge in [0.2, 0.25) is 0 Å². The molecule has 6 heteroatoms. The summed E-state index contributed by atoms with van der Waals surface area (Å²) in [5, 5.41) is 0.0448. The summed E-state index contributed by atoms with van der Waals surface area (Å²) < 4.78 is 20.5. The van der Waals surface area contributed by atoms with Crippen molar-refractivity contribution in [1.82, 2.24) is 9.55 Å². The fourth-order valence-corrected chi connectivity index (χ4v) is 3.47. The number of thioether (sulfide) groups is 1. The number of hydrogen-bond donors (Lipinski definition) is 0. The number of halogens is 1. The standard InChI is InChI=1S/C19H17FN2O2S/c1-2-24-18(23)17(14-7-4-3-5-8-14)25-19-21-11-12-22(19)16-10-6-9-15(20)13-16/h3-13,17H,2H2,1H3/t17-/m1/s1. The molecule has 0 saturated heterocycles. The van der Waals surface area contributed by atoms with Crippen LogP contribution >= 0.6 is 11.8 Å². The SMILES string of the molecule is CCOC(=O)[C@H](Sc1nccn1-c1cccc(F)c1)c1ccccc1. The first-order valence-corrected chi connectivity index (χ1v) is 8.74. The van der Waals surface area contributed by atoms with Gasteiger partial charge in [0.25, 0.3) is 0 Å². The van der Waals surface area contributed by atoms with Gasteiger partial charge in [0.15, 0.2) is 5.16 Å². The number of rotatable bonds is 6. The number of benzene rings is 2. The number of carbonyl (C=O) groups excluding carboxylic acids is 1. The first-order valence-electron chi connectivity index (χ1n) is 7.86. The minimum absolute atomic E-state index is 0.307. The van der Waals surface area contributed by atoms with Gasteiger partial charge in [0.05, 0.1) is 12.3 Å². The van der Waals surface area contributed by atoms with Gasteiger partial charge in [-0.1, -0.05) is 48.2 Å². The van der Waals surface area contributed by atoms with Crippen LogP contribution in [0.3, 0.4) is 0 Å². The van der Waals surface area contributed by atoms with Gasteiger partial charge in [-0.15, -0.1) is 0 Å². The third kappa shape index (κ3) is 4.09. The number of hydrogen-bond acceptors (Lipinski definition) is 4. The van der Waals surface area contributed by atoms with Crippen molar-refractivity contribution in [2.75, 3.05) is 6.61 Å². The Kier molecular flexibility index (Phi) is 5.50. The summed E-state index contributed by atoms with van der Waals surface area (Å²) in [5.41, 5.74) is 1.48. The van der Waals surface area contributed by atoms with Gasteiger partial charge < -0.3 is 4.74 Å². The van der Waals surface area contributed by atoms with Crippen molar-refractivity contribution in [2.45, 2.75) is 17.3 Å². The van der Waals surface area contributed by atoms with Crippen molar-refractivity contribution in [3.8, 4) is 5.69 Å². The Morgan fingerprint density at radius 3 is 2.76 bits per heavy atom. The Morgan fingerprint density at radius 2 is 2.04 bits per heavy atom. The number of esters is 1. The van der Waals surface area contributed by atoms with Crippen LogP contribution in [0, 0.1) is 5.82 Å². The second kappa shape index (κ2) is 7.98. The van der Waals surface area contributed by atoms with E-state index in [0.717, 1.165) is 5.56 Å². The van der Waals surface area contributed by atoms with Gasteiger partial charge in [-0.3, -0.25) is 9.36 Å². The zero-order valence-corrected chi connectivity index (χ0v) is 14.4. The van der Waals surface area contributed by atoms with Gasteiger partial charge in [0, 0.05) is 12.4 Å². The Bertz CT molecular complexity index is 851.